The van der Waals surface area contributed by atoms with Gasteiger partial charge in [0.1, 0.15) is 5.82 Å². The molecule has 1 amide bonds. The van der Waals surface area contributed by atoms with Gasteiger partial charge in [-0.1, -0.05) is 48.0 Å². The highest BCUT2D eigenvalue weighted by atomic mass is 35.5. The first-order valence-corrected chi connectivity index (χ1v) is 12.8. The summed E-state index contributed by atoms with van der Waals surface area (Å²) in [6, 6.07) is 4.21. The molecule has 2 aliphatic rings. The molecule has 0 saturated carbocycles. The van der Waals surface area contributed by atoms with Crippen LogP contribution in [0.25, 0.3) is 0 Å². The Morgan fingerprint density at radius 1 is 1.35 bits per heavy atom. The Labute approximate surface area is 209 Å². The van der Waals surface area contributed by atoms with Crippen LogP contribution in [0.5, 0.6) is 0 Å². The van der Waals surface area contributed by atoms with E-state index in [4.69, 9.17) is 16.3 Å². The quantitative estimate of drug-likeness (QED) is 0.508. The Bertz CT molecular complexity index is 1070. The number of nitrogens with one attached hydrogen (secondary N) is 1. The molecule has 1 fully saturated rings. The minimum Gasteiger partial charge on any atom is -0.373 e. The zero-order valence-electron chi connectivity index (χ0n) is 19.2. The fourth-order valence-electron chi connectivity index (χ4n) is 4.31. The van der Waals surface area contributed by atoms with Gasteiger partial charge in [0.15, 0.2) is 0 Å². The Balaban J connectivity index is 1.37. The maximum absolute atomic E-state index is 14.2. The average Bonchev–Trinajstić information content (AvgIpc) is 3.08. The number of aromatic nitrogens is 1. The summed E-state index contributed by atoms with van der Waals surface area (Å²) in [4.78, 5) is 20.6. The Morgan fingerprint density at radius 2 is 2.18 bits per heavy atom. The van der Waals surface area contributed by atoms with Gasteiger partial charge in [0.2, 0.25) is 0 Å². The number of nitrogens with zero attached hydrogens (tertiary/aromatic N) is 2. The molecule has 34 heavy (non-hydrogen) atoms. The normalized spacial score (nSPS) is 17.9. The largest absolute Gasteiger partial charge is 0.373 e. The monoisotopic (exact) mass is 501 g/mol. The van der Waals surface area contributed by atoms with Crippen molar-refractivity contribution in [3.8, 4) is 0 Å². The number of thiazole rings is 1. The van der Waals surface area contributed by atoms with Gasteiger partial charge in [-0.3, -0.25) is 9.69 Å². The molecular weight excluding hydrogens is 473 g/mol. The lowest BCUT2D eigenvalue weighted by Gasteiger charge is -2.37. The fraction of sp³-hybridized carbons (Fsp3) is 0.385. The van der Waals surface area contributed by atoms with E-state index in [1.54, 1.807) is 11.3 Å². The number of likely N-dealkylation sites (tertiary alicyclic amines) is 1. The highest BCUT2D eigenvalue weighted by Gasteiger charge is 2.29. The summed E-state index contributed by atoms with van der Waals surface area (Å²) in [7, 11) is 0. The summed E-state index contributed by atoms with van der Waals surface area (Å²) in [5.41, 5.74) is 3.87. The van der Waals surface area contributed by atoms with Gasteiger partial charge in [-0.2, -0.15) is 0 Å². The molecule has 1 aliphatic heterocycles. The third-order valence-electron chi connectivity index (χ3n) is 6.21. The van der Waals surface area contributed by atoms with Crippen molar-refractivity contribution < 1.29 is 13.9 Å². The summed E-state index contributed by atoms with van der Waals surface area (Å²) in [6.07, 6.45) is 13.5. The molecule has 2 aromatic rings. The van der Waals surface area contributed by atoms with Crippen LogP contribution in [0.1, 0.15) is 46.2 Å². The first-order valence-electron chi connectivity index (χ1n) is 11.5. The average molecular weight is 502 g/mol. The number of ether oxygens (including phenoxy) is 1. The molecule has 0 bridgehead atoms. The second-order valence-corrected chi connectivity index (χ2v) is 9.77. The lowest BCUT2D eigenvalue weighted by atomic mass is 10.0. The maximum Gasteiger partial charge on any atom is 0.255 e. The second kappa shape index (κ2) is 11.9. The molecule has 5 nitrogen and oxygen atoms in total. The van der Waals surface area contributed by atoms with E-state index in [2.05, 4.69) is 45.6 Å². The smallest absolute Gasteiger partial charge is 0.255 e. The van der Waals surface area contributed by atoms with Gasteiger partial charge >= 0.3 is 0 Å². The highest BCUT2D eigenvalue weighted by Crippen LogP contribution is 2.30. The van der Waals surface area contributed by atoms with Crippen LogP contribution in [0.15, 0.2) is 59.7 Å². The number of benzene rings is 1. The Hall–Kier alpha value is -2.32. The topological polar surface area (TPSA) is 54.5 Å². The molecule has 1 saturated heterocycles. The number of carbonyl (C=O) groups is 1. The summed E-state index contributed by atoms with van der Waals surface area (Å²) in [6.45, 7) is 4.65. The van der Waals surface area contributed by atoms with E-state index in [1.165, 1.54) is 23.8 Å². The number of hydrogen-bond acceptors (Lipinski definition) is 5. The summed E-state index contributed by atoms with van der Waals surface area (Å²) in [5, 5.41) is 3.01. The minimum absolute atomic E-state index is 0.0403. The van der Waals surface area contributed by atoms with Crippen LogP contribution < -0.4 is 5.32 Å². The predicted molar refractivity (Wildman–Crippen MR) is 135 cm³/mol. The number of allylic oxidation sites excluding steroid dienone is 4. The number of piperidine rings is 1. The molecule has 1 aliphatic carbocycles. The van der Waals surface area contributed by atoms with Crippen molar-refractivity contribution in [1.29, 1.82) is 0 Å². The van der Waals surface area contributed by atoms with Crippen molar-refractivity contribution in [2.75, 3.05) is 26.2 Å². The van der Waals surface area contributed by atoms with E-state index in [0.29, 0.717) is 13.2 Å². The molecule has 0 radical (unpaired) electrons. The van der Waals surface area contributed by atoms with Crippen LogP contribution in [0, 0.1) is 12.7 Å². The summed E-state index contributed by atoms with van der Waals surface area (Å²) >= 11 is 7.66. The highest BCUT2D eigenvalue weighted by molar-refractivity contribution is 7.09. The van der Waals surface area contributed by atoms with E-state index in [-0.39, 0.29) is 22.7 Å². The van der Waals surface area contributed by atoms with Crippen LogP contribution in [-0.2, 0) is 4.74 Å². The van der Waals surface area contributed by atoms with Crippen LogP contribution in [0.4, 0.5) is 4.39 Å². The predicted octanol–water partition coefficient (Wildman–Crippen LogP) is 5.64. The number of aryl methyl sites for hydroxylation is 1. The third kappa shape index (κ3) is 6.21. The van der Waals surface area contributed by atoms with Crippen molar-refractivity contribution in [3.63, 3.8) is 0 Å². The number of amides is 1. The van der Waals surface area contributed by atoms with Gasteiger partial charge in [0.25, 0.3) is 5.91 Å². The molecule has 0 spiro atoms. The van der Waals surface area contributed by atoms with Crippen molar-refractivity contribution in [2.45, 2.75) is 38.3 Å². The first-order chi connectivity index (χ1) is 16.5. The molecule has 1 unspecified atom stereocenters. The lowest BCUT2D eigenvalue weighted by molar-refractivity contribution is 0.00883. The minimum atomic E-state index is -0.622. The van der Waals surface area contributed by atoms with Gasteiger partial charge < -0.3 is 10.1 Å². The SMILES string of the molecule is Cc1ncsc1C(CNC(=O)c1c(F)cccc1Cl)N1CCC(OCC2=CCC=CC=C2)CC1. The van der Waals surface area contributed by atoms with Crippen LogP contribution in [0.2, 0.25) is 5.02 Å². The number of halogens is 2. The van der Waals surface area contributed by atoms with Crippen molar-refractivity contribution in [3.05, 3.63) is 86.6 Å². The van der Waals surface area contributed by atoms with Gasteiger partial charge in [-0.15, -0.1) is 11.3 Å². The van der Waals surface area contributed by atoms with Gasteiger partial charge in [-0.25, -0.2) is 9.37 Å². The number of carbonyl (C=O) groups excluding carboxylic acids is 1. The van der Waals surface area contributed by atoms with Crippen molar-refractivity contribution in [1.82, 2.24) is 15.2 Å². The molecule has 1 aromatic heterocycles. The van der Waals surface area contributed by atoms with E-state index < -0.39 is 11.7 Å². The second-order valence-electron chi connectivity index (χ2n) is 8.47. The Kier molecular flexibility index (Phi) is 8.67. The van der Waals surface area contributed by atoms with Crippen LogP contribution in [0.3, 0.4) is 0 Å². The van der Waals surface area contributed by atoms with Crippen LogP contribution >= 0.6 is 22.9 Å². The summed E-state index contributed by atoms with van der Waals surface area (Å²) < 4.78 is 20.4. The van der Waals surface area contributed by atoms with Gasteiger partial charge in [-0.05, 0) is 43.9 Å². The zero-order chi connectivity index (χ0) is 23.9. The van der Waals surface area contributed by atoms with Crippen molar-refractivity contribution in [2.24, 2.45) is 0 Å². The number of hydrogen-bond donors (Lipinski definition) is 1. The Morgan fingerprint density at radius 3 is 2.91 bits per heavy atom. The molecule has 1 aromatic carbocycles. The molecule has 4 rings (SSSR count). The maximum atomic E-state index is 14.2. The molecule has 180 valence electrons. The zero-order valence-corrected chi connectivity index (χ0v) is 20.7. The molecule has 2 heterocycles. The standard InChI is InChI=1S/C26H29ClFN3O2S/c1-18-25(34-17-30-18)23(15-29-26(32)24-21(27)9-6-10-22(24)28)31-13-11-20(12-14-31)33-16-19-7-4-2-3-5-8-19/h2-4,6-10,17,20,23H,5,11-16H2,1H3,(H,29,32). The summed E-state index contributed by atoms with van der Waals surface area (Å²) in [5.74, 6) is -1.13. The lowest BCUT2D eigenvalue weighted by Crippen LogP contribution is -2.44. The molecular formula is C26H29ClFN3O2S. The molecule has 1 N–H and O–H groups in total. The third-order valence-corrected chi connectivity index (χ3v) is 7.55. The van der Waals surface area contributed by atoms with E-state index in [0.717, 1.165) is 42.9 Å². The first kappa shape index (κ1) is 24.8. The van der Waals surface area contributed by atoms with E-state index >= 15 is 0 Å². The van der Waals surface area contributed by atoms with Crippen molar-refractivity contribution >= 4 is 28.8 Å². The van der Waals surface area contributed by atoms with E-state index in [1.807, 2.05) is 12.4 Å². The van der Waals surface area contributed by atoms with E-state index in [9.17, 15) is 9.18 Å². The molecule has 1 atom stereocenters. The molecule has 8 heteroatoms. The van der Waals surface area contributed by atoms with Gasteiger partial charge in [0, 0.05) is 24.5 Å². The van der Waals surface area contributed by atoms with Gasteiger partial charge in [0.05, 0.1) is 40.5 Å². The fourth-order valence-corrected chi connectivity index (χ4v) is 5.50. The number of rotatable bonds is 8. The van der Waals surface area contributed by atoms with Crippen LogP contribution in [-0.4, -0.2) is 48.1 Å².